The summed E-state index contributed by atoms with van der Waals surface area (Å²) in [6, 6.07) is 7.67. The second-order valence-electron chi connectivity index (χ2n) is 5.26. The van der Waals surface area contributed by atoms with E-state index in [1.807, 2.05) is 38.1 Å². The number of hydrogen-bond acceptors (Lipinski definition) is 3. The molecule has 0 spiro atoms. The van der Waals surface area contributed by atoms with Gasteiger partial charge in [0.15, 0.2) is 0 Å². The van der Waals surface area contributed by atoms with Crippen LogP contribution >= 0.6 is 11.6 Å². The fraction of sp³-hybridized carbons (Fsp3) is 0.500. The summed E-state index contributed by atoms with van der Waals surface area (Å²) in [5.74, 6) is 0.287. The topological polar surface area (TPSA) is 70.6 Å². The molecule has 1 aromatic carbocycles. The minimum absolute atomic E-state index is 0.259. The quantitative estimate of drug-likeness (QED) is 0.235. The Morgan fingerprint density at radius 2 is 2.16 bits per heavy atom. The summed E-state index contributed by atoms with van der Waals surface area (Å²) in [5.41, 5.74) is 6.41. The van der Waals surface area contributed by atoms with Crippen molar-refractivity contribution in [2.45, 2.75) is 33.1 Å². The molecular formula is C14H22ClN3O. The first-order valence-electron chi connectivity index (χ1n) is 6.43. The van der Waals surface area contributed by atoms with Gasteiger partial charge in [0, 0.05) is 22.7 Å². The third-order valence-corrected chi connectivity index (χ3v) is 3.42. The second-order valence-corrected chi connectivity index (χ2v) is 5.70. The number of hydrogen-bond donors (Lipinski definition) is 3. The van der Waals surface area contributed by atoms with Crippen LogP contribution in [0.15, 0.2) is 29.4 Å². The van der Waals surface area contributed by atoms with E-state index >= 15 is 0 Å². The van der Waals surface area contributed by atoms with Gasteiger partial charge in [-0.3, -0.25) is 0 Å². The van der Waals surface area contributed by atoms with E-state index in [1.165, 1.54) is 0 Å². The number of rotatable bonds is 7. The predicted octanol–water partition coefficient (Wildman–Crippen LogP) is 3.69. The summed E-state index contributed by atoms with van der Waals surface area (Å²) < 4.78 is 0. The Kier molecular flexibility index (Phi) is 5.96. The smallest absolute Gasteiger partial charge is 0.144 e. The van der Waals surface area contributed by atoms with Crippen molar-refractivity contribution in [3.63, 3.8) is 0 Å². The maximum Gasteiger partial charge on any atom is 0.144 e. The molecule has 0 bridgehead atoms. The molecule has 1 aromatic rings. The summed E-state index contributed by atoms with van der Waals surface area (Å²) >= 11 is 5.90. The molecule has 0 saturated carbocycles. The molecule has 0 unspecified atom stereocenters. The van der Waals surface area contributed by atoms with Crippen molar-refractivity contribution in [1.82, 2.24) is 0 Å². The highest BCUT2D eigenvalue weighted by molar-refractivity contribution is 6.30. The lowest BCUT2D eigenvalue weighted by molar-refractivity contribution is 0.304. The van der Waals surface area contributed by atoms with E-state index in [0.29, 0.717) is 0 Å². The van der Waals surface area contributed by atoms with Gasteiger partial charge in [-0.25, -0.2) is 0 Å². The monoisotopic (exact) mass is 283 g/mol. The highest BCUT2D eigenvalue weighted by Crippen LogP contribution is 2.23. The lowest BCUT2D eigenvalue weighted by Gasteiger charge is -2.22. The Morgan fingerprint density at radius 1 is 1.42 bits per heavy atom. The van der Waals surface area contributed by atoms with E-state index in [1.54, 1.807) is 0 Å². The summed E-state index contributed by atoms with van der Waals surface area (Å²) in [6.07, 6.45) is 2.92. The first-order valence-corrected chi connectivity index (χ1v) is 6.81. The molecule has 0 fully saturated rings. The molecule has 4 nitrogen and oxygen atoms in total. The van der Waals surface area contributed by atoms with E-state index in [9.17, 15) is 0 Å². The zero-order valence-electron chi connectivity index (χ0n) is 11.5. The Balaban J connectivity index is 2.25. The number of anilines is 1. The normalized spacial score (nSPS) is 12.5. The molecule has 19 heavy (non-hydrogen) atoms. The van der Waals surface area contributed by atoms with Crippen molar-refractivity contribution in [1.29, 1.82) is 0 Å². The molecule has 0 atom stereocenters. The van der Waals surface area contributed by atoms with Gasteiger partial charge < -0.3 is 16.3 Å². The molecule has 1 rings (SSSR count). The maximum atomic E-state index is 8.69. The van der Waals surface area contributed by atoms with Gasteiger partial charge in [0.1, 0.15) is 5.84 Å². The maximum absolute atomic E-state index is 8.69. The molecule has 4 N–H and O–H groups in total. The molecule has 0 radical (unpaired) electrons. The van der Waals surface area contributed by atoms with Crippen LogP contribution in [0.25, 0.3) is 0 Å². The number of amidine groups is 1. The van der Waals surface area contributed by atoms with Crippen LogP contribution in [-0.2, 0) is 0 Å². The van der Waals surface area contributed by atoms with E-state index in [0.717, 1.165) is 36.5 Å². The van der Waals surface area contributed by atoms with Crippen LogP contribution in [0.3, 0.4) is 0 Å². The molecule has 5 heteroatoms. The minimum Gasteiger partial charge on any atom is -0.409 e. The van der Waals surface area contributed by atoms with Crippen LogP contribution in [0, 0.1) is 5.41 Å². The lowest BCUT2D eigenvalue weighted by Crippen LogP contribution is -2.31. The molecule has 0 aromatic heterocycles. The number of unbranched alkanes of at least 4 members (excludes halogenated alkanes) is 1. The third kappa shape index (κ3) is 5.39. The van der Waals surface area contributed by atoms with E-state index in [4.69, 9.17) is 22.5 Å². The van der Waals surface area contributed by atoms with Crippen LogP contribution in [-0.4, -0.2) is 17.6 Å². The first-order chi connectivity index (χ1) is 8.95. The number of halogens is 1. The summed E-state index contributed by atoms with van der Waals surface area (Å²) in [6.45, 7) is 4.84. The number of nitrogens with zero attached hydrogens (tertiary/aromatic N) is 1. The van der Waals surface area contributed by atoms with E-state index in [2.05, 4.69) is 10.5 Å². The van der Waals surface area contributed by atoms with Gasteiger partial charge in [-0.2, -0.15) is 0 Å². The Hall–Kier alpha value is -1.42. The molecule has 0 amide bonds. The van der Waals surface area contributed by atoms with Crippen molar-refractivity contribution in [3.05, 3.63) is 29.3 Å². The number of nitrogens with one attached hydrogen (secondary N) is 1. The van der Waals surface area contributed by atoms with Crippen molar-refractivity contribution in [2.75, 3.05) is 11.9 Å². The van der Waals surface area contributed by atoms with E-state index < -0.39 is 0 Å². The van der Waals surface area contributed by atoms with Crippen molar-refractivity contribution in [3.8, 4) is 0 Å². The minimum atomic E-state index is -0.259. The number of benzene rings is 1. The van der Waals surface area contributed by atoms with Crippen LogP contribution in [0.4, 0.5) is 5.69 Å². The number of nitrogens with two attached hydrogens (primary N) is 1. The largest absolute Gasteiger partial charge is 0.409 e. The molecule has 0 aliphatic rings. The van der Waals surface area contributed by atoms with Crippen LogP contribution < -0.4 is 11.1 Å². The SMILES string of the molecule is CC(C)(CCCCNc1cccc(Cl)c1)/C(N)=N/O. The molecule has 106 valence electrons. The fourth-order valence-corrected chi connectivity index (χ4v) is 1.98. The molecule has 0 saturated heterocycles. The van der Waals surface area contributed by atoms with Crippen LogP contribution in [0.2, 0.25) is 5.02 Å². The predicted molar refractivity (Wildman–Crippen MR) is 81.0 cm³/mol. The fourth-order valence-electron chi connectivity index (χ4n) is 1.79. The lowest BCUT2D eigenvalue weighted by atomic mass is 9.86. The Bertz CT molecular complexity index is 432. The summed E-state index contributed by atoms with van der Waals surface area (Å²) in [7, 11) is 0. The van der Waals surface area contributed by atoms with Gasteiger partial charge in [0.05, 0.1) is 0 Å². The zero-order valence-corrected chi connectivity index (χ0v) is 12.2. The Morgan fingerprint density at radius 3 is 2.79 bits per heavy atom. The summed E-state index contributed by atoms with van der Waals surface area (Å²) in [4.78, 5) is 0. The zero-order chi connectivity index (χ0) is 14.3. The van der Waals surface area contributed by atoms with Crippen LogP contribution in [0.1, 0.15) is 33.1 Å². The third-order valence-electron chi connectivity index (χ3n) is 3.18. The van der Waals surface area contributed by atoms with Crippen molar-refractivity contribution >= 4 is 23.1 Å². The van der Waals surface area contributed by atoms with Crippen molar-refractivity contribution < 1.29 is 5.21 Å². The molecule has 0 aliphatic heterocycles. The first kappa shape index (κ1) is 15.6. The molecule has 0 heterocycles. The van der Waals surface area contributed by atoms with Crippen LogP contribution in [0.5, 0.6) is 0 Å². The average molecular weight is 284 g/mol. The average Bonchev–Trinajstić information content (AvgIpc) is 2.37. The highest BCUT2D eigenvalue weighted by atomic mass is 35.5. The van der Waals surface area contributed by atoms with Gasteiger partial charge in [0.2, 0.25) is 0 Å². The second kappa shape index (κ2) is 7.24. The van der Waals surface area contributed by atoms with Gasteiger partial charge in [-0.05, 0) is 31.0 Å². The highest BCUT2D eigenvalue weighted by Gasteiger charge is 2.22. The van der Waals surface area contributed by atoms with Crippen molar-refractivity contribution in [2.24, 2.45) is 16.3 Å². The van der Waals surface area contributed by atoms with Gasteiger partial charge in [-0.1, -0.05) is 43.1 Å². The standard InChI is InChI=1S/C14H22ClN3O/c1-14(2,13(16)18-19)8-3-4-9-17-12-7-5-6-11(15)10-12/h5-7,10,17,19H,3-4,8-9H2,1-2H3,(H2,16,18). The van der Waals surface area contributed by atoms with Gasteiger partial charge in [0.25, 0.3) is 0 Å². The molecule has 0 aliphatic carbocycles. The van der Waals surface area contributed by atoms with Gasteiger partial charge in [-0.15, -0.1) is 0 Å². The molecular weight excluding hydrogens is 262 g/mol. The number of oxime groups is 1. The Labute approximate surface area is 119 Å². The van der Waals surface area contributed by atoms with Gasteiger partial charge >= 0.3 is 0 Å². The van der Waals surface area contributed by atoms with E-state index in [-0.39, 0.29) is 11.3 Å². The summed E-state index contributed by atoms with van der Waals surface area (Å²) in [5, 5.41) is 15.8.